The van der Waals surface area contributed by atoms with Crippen molar-refractivity contribution in [1.29, 1.82) is 0 Å². The summed E-state index contributed by atoms with van der Waals surface area (Å²) in [5.41, 5.74) is -1.93. The Hall–Kier alpha value is -3.25. The molecule has 1 aliphatic heterocycles. The van der Waals surface area contributed by atoms with Crippen molar-refractivity contribution in [3.05, 3.63) is 63.6 Å². The van der Waals surface area contributed by atoms with Crippen LogP contribution in [0.5, 0.6) is 0 Å². The Morgan fingerprint density at radius 1 is 1.25 bits per heavy atom. The first-order chi connectivity index (χ1) is 17.1. The number of hydrogen-bond donors (Lipinski definition) is 3. The quantitative estimate of drug-likeness (QED) is 0.353. The van der Waals surface area contributed by atoms with E-state index < -0.39 is 47.3 Å². The Labute approximate surface area is 208 Å². The van der Waals surface area contributed by atoms with Crippen LogP contribution in [0.4, 0.5) is 29.3 Å². The fraction of sp³-hybridized carbons (Fsp3) is 0.391. The van der Waals surface area contributed by atoms with Crippen molar-refractivity contribution >= 4 is 29.3 Å². The van der Waals surface area contributed by atoms with Crippen LogP contribution >= 0.6 is 11.6 Å². The van der Waals surface area contributed by atoms with Crippen LogP contribution in [-0.2, 0) is 17.8 Å². The van der Waals surface area contributed by atoms with E-state index in [0.717, 1.165) is 0 Å². The first-order valence-corrected chi connectivity index (χ1v) is 11.5. The molecule has 0 spiro atoms. The molecule has 0 bridgehead atoms. The highest BCUT2D eigenvalue weighted by Crippen LogP contribution is 2.38. The lowest BCUT2D eigenvalue weighted by Crippen LogP contribution is -2.45. The molecule has 1 aromatic carbocycles. The summed E-state index contributed by atoms with van der Waals surface area (Å²) in [4.78, 5) is 21.8. The third-order valence-corrected chi connectivity index (χ3v) is 6.59. The first-order valence-electron chi connectivity index (χ1n) is 11.1. The van der Waals surface area contributed by atoms with Crippen molar-refractivity contribution in [3.63, 3.8) is 0 Å². The summed E-state index contributed by atoms with van der Waals surface area (Å²) in [6, 6.07) is 6.23. The Morgan fingerprint density at radius 2 is 1.97 bits per heavy atom. The summed E-state index contributed by atoms with van der Waals surface area (Å²) >= 11 is 5.84. The third-order valence-electron chi connectivity index (χ3n) is 6.30. The van der Waals surface area contributed by atoms with Gasteiger partial charge in [0.05, 0.1) is 16.1 Å². The van der Waals surface area contributed by atoms with Crippen molar-refractivity contribution in [2.75, 3.05) is 18.4 Å². The van der Waals surface area contributed by atoms with Gasteiger partial charge in [0.2, 0.25) is 5.95 Å². The molecule has 0 unspecified atom stereocenters. The van der Waals surface area contributed by atoms with Crippen LogP contribution in [0, 0.1) is 24.0 Å². The fourth-order valence-electron chi connectivity index (χ4n) is 4.26. The lowest BCUT2D eigenvalue weighted by Gasteiger charge is -2.39. The number of alkyl halides is 2. The van der Waals surface area contributed by atoms with E-state index in [1.165, 1.54) is 6.07 Å². The summed E-state index contributed by atoms with van der Waals surface area (Å²) in [6.45, 7) is 2.48. The molecule has 0 saturated carbocycles. The van der Waals surface area contributed by atoms with Crippen molar-refractivity contribution in [1.82, 2.24) is 25.1 Å². The predicted octanol–water partition coefficient (Wildman–Crippen LogP) is 5.03. The summed E-state index contributed by atoms with van der Waals surface area (Å²) < 4.78 is 56.3. The number of rotatable bonds is 8. The van der Waals surface area contributed by atoms with E-state index in [-0.39, 0.29) is 49.3 Å². The van der Waals surface area contributed by atoms with Gasteiger partial charge in [0, 0.05) is 30.3 Å². The van der Waals surface area contributed by atoms with Crippen LogP contribution < -0.4 is 5.32 Å². The maximum atomic E-state index is 15.0. The average molecular weight is 527 g/mol. The molecular weight excluding hydrogens is 504 g/mol. The lowest BCUT2D eigenvalue weighted by atomic mass is 9.74. The van der Waals surface area contributed by atoms with Crippen molar-refractivity contribution in [3.8, 4) is 0 Å². The number of aromatic amines is 1. The molecule has 36 heavy (non-hydrogen) atoms. The van der Waals surface area contributed by atoms with Gasteiger partial charge in [-0.1, -0.05) is 23.7 Å². The molecule has 1 saturated heterocycles. The monoisotopic (exact) mass is 526 g/mol. The number of H-pyrrole nitrogens is 1. The fourth-order valence-corrected chi connectivity index (χ4v) is 4.46. The van der Waals surface area contributed by atoms with Crippen LogP contribution in [-0.4, -0.2) is 49.2 Å². The van der Waals surface area contributed by atoms with E-state index in [1.807, 2.05) is 4.90 Å². The summed E-state index contributed by atoms with van der Waals surface area (Å²) in [5, 5.41) is 19.3. The molecule has 0 atom stereocenters. The number of anilines is 2. The van der Waals surface area contributed by atoms with E-state index in [9.17, 15) is 27.5 Å². The first kappa shape index (κ1) is 25.8. The van der Waals surface area contributed by atoms with Crippen LogP contribution in [0.25, 0.3) is 0 Å². The minimum atomic E-state index is -3.23. The molecule has 3 aromatic rings. The Balaban J connectivity index is 1.56. The van der Waals surface area contributed by atoms with E-state index in [2.05, 4.69) is 25.5 Å². The van der Waals surface area contributed by atoms with Crippen LogP contribution in [0.2, 0.25) is 5.02 Å². The number of likely N-dealkylation sites (tertiary alicyclic amines) is 1. The van der Waals surface area contributed by atoms with Gasteiger partial charge < -0.3 is 10.4 Å². The zero-order valence-electron chi connectivity index (χ0n) is 19.2. The number of carboxylic acid groups (broad SMARTS) is 1. The number of nitrogens with zero attached hydrogens (tertiary/aromatic N) is 4. The number of benzene rings is 1. The molecule has 0 aliphatic carbocycles. The Bertz CT molecular complexity index is 1260. The van der Waals surface area contributed by atoms with Gasteiger partial charge in [-0.3, -0.25) is 14.8 Å². The molecule has 8 nitrogen and oxygen atoms in total. The van der Waals surface area contributed by atoms with E-state index in [0.29, 0.717) is 11.3 Å². The van der Waals surface area contributed by atoms with Crippen molar-refractivity contribution in [2.45, 2.75) is 39.2 Å². The average Bonchev–Trinajstić information content (AvgIpc) is 3.24. The van der Waals surface area contributed by atoms with Gasteiger partial charge in [0.1, 0.15) is 11.5 Å². The molecule has 0 radical (unpaired) electrons. The van der Waals surface area contributed by atoms with Gasteiger partial charge in [0.25, 0.3) is 6.43 Å². The summed E-state index contributed by atoms with van der Waals surface area (Å²) in [7, 11) is 0. The number of piperidine rings is 1. The highest BCUT2D eigenvalue weighted by molar-refractivity contribution is 6.30. The topological polar surface area (TPSA) is 107 Å². The second-order valence-electron chi connectivity index (χ2n) is 8.81. The zero-order chi connectivity index (χ0) is 26.0. The smallest absolute Gasteiger partial charge is 0.310 e. The second-order valence-corrected chi connectivity index (χ2v) is 9.21. The lowest BCUT2D eigenvalue weighted by molar-refractivity contribution is -0.152. The zero-order valence-corrected chi connectivity index (χ0v) is 19.9. The maximum absolute atomic E-state index is 15.0. The number of hydrogen-bond acceptors (Lipinski definition) is 6. The number of aryl methyl sites for hydroxylation is 1. The van der Waals surface area contributed by atoms with Crippen molar-refractivity contribution in [2.24, 2.45) is 5.41 Å². The van der Waals surface area contributed by atoms with E-state index in [1.54, 1.807) is 25.1 Å². The highest BCUT2D eigenvalue weighted by atomic mass is 35.5. The van der Waals surface area contributed by atoms with Gasteiger partial charge in [-0.25, -0.2) is 27.5 Å². The largest absolute Gasteiger partial charge is 0.481 e. The van der Waals surface area contributed by atoms with Crippen LogP contribution in [0.1, 0.15) is 41.9 Å². The number of carbonyl (C=O) groups is 1. The predicted molar refractivity (Wildman–Crippen MR) is 123 cm³/mol. The molecule has 192 valence electrons. The Kier molecular flexibility index (Phi) is 7.46. The molecular formula is C23H23ClF4N6O2. The molecule has 2 aromatic heterocycles. The maximum Gasteiger partial charge on any atom is 0.310 e. The SMILES string of the molecule is Cc1cc(Nc2nc(CC3(C(=O)O)CCN(Cc4cccc(Cl)c4F)CC3)c(F)c(C(F)F)n2)n[nH]1. The second kappa shape index (κ2) is 10.4. The standard InChI is InChI=1S/C23H23ClF4N6O2/c1-12-9-16(33-32-12)30-22-29-15(18(26)19(31-22)20(27)28)10-23(21(35)36)5-7-34(8-6-23)11-13-3-2-4-14(24)17(13)25/h2-4,9,20H,5-8,10-11H2,1H3,(H,35,36)(H2,29,30,31,32,33). The number of carboxylic acids is 1. The number of nitrogens with one attached hydrogen (secondary N) is 2. The number of aliphatic carboxylic acids is 1. The van der Waals surface area contributed by atoms with Gasteiger partial charge in [0.15, 0.2) is 11.6 Å². The van der Waals surface area contributed by atoms with Crippen LogP contribution in [0.3, 0.4) is 0 Å². The minimum absolute atomic E-state index is 0.00660. The number of halogens is 5. The van der Waals surface area contributed by atoms with E-state index >= 15 is 0 Å². The summed E-state index contributed by atoms with van der Waals surface area (Å²) in [5.74, 6) is -3.14. The molecule has 0 amide bonds. The summed E-state index contributed by atoms with van der Waals surface area (Å²) in [6.07, 6.45) is -3.48. The number of aromatic nitrogens is 4. The van der Waals surface area contributed by atoms with E-state index in [4.69, 9.17) is 11.6 Å². The van der Waals surface area contributed by atoms with Crippen LogP contribution in [0.15, 0.2) is 24.3 Å². The molecule has 1 fully saturated rings. The van der Waals surface area contributed by atoms with Gasteiger partial charge in [-0.2, -0.15) is 5.10 Å². The molecule has 3 N–H and O–H groups in total. The Morgan fingerprint density at radius 3 is 2.58 bits per heavy atom. The molecule has 4 rings (SSSR count). The molecule has 13 heteroatoms. The van der Waals surface area contributed by atoms with Gasteiger partial charge >= 0.3 is 5.97 Å². The highest BCUT2D eigenvalue weighted by Gasteiger charge is 2.43. The molecule has 3 heterocycles. The third kappa shape index (κ3) is 5.44. The van der Waals surface area contributed by atoms with Crippen molar-refractivity contribution < 1.29 is 27.5 Å². The van der Waals surface area contributed by atoms with Gasteiger partial charge in [-0.15, -0.1) is 0 Å². The molecule has 1 aliphatic rings. The normalized spacial score (nSPS) is 15.9. The minimum Gasteiger partial charge on any atom is -0.481 e. The van der Waals surface area contributed by atoms with Gasteiger partial charge in [-0.05, 0) is 38.9 Å².